The monoisotopic (exact) mass is 274 g/mol. The number of aliphatic hydroxyl groups excluding tert-OH is 1. The minimum absolute atomic E-state index is 0.175. The molecule has 0 spiro atoms. The fourth-order valence-corrected chi connectivity index (χ4v) is 3.04. The lowest BCUT2D eigenvalue weighted by atomic mass is 10.0. The van der Waals surface area contributed by atoms with Gasteiger partial charge in [0.25, 0.3) is 0 Å². The van der Waals surface area contributed by atoms with Crippen LogP contribution in [-0.4, -0.2) is 23.8 Å². The van der Waals surface area contributed by atoms with Gasteiger partial charge < -0.3 is 15.7 Å². The number of amides is 2. The van der Waals surface area contributed by atoms with E-state index in [-0.39, 0.29) is 12.1 Å². The van der Waals surface area contributed by atoms with Crippen molar-refractivity contribution in [2.24, 2.45) is 5.41 Å². The van der Waals surface area contributed by atoms with Gasteiger partial charge in [0.15, 0.2) is 0 Å². The predicted molar refractivity (Wildman–Crippen MR) is 77.4 cm³/mol. The van der Waals surface area contributed by atoms with Crippen LogP contribution in [0.3, 0.4) is 0 Å². The van der Waals surface area contributed by atoms with Crippen LogP contribution in [0.1, 0.15) is 43.4 Å². The molecule has 0 radical (unpaired) electrons. The molecule has 1 aromatic rings. The van der Waals surface area contributed by atoms with Crippen molar-refractivity contribution < 1.29 is 9.90 Å². The maximum Gasteiger partial charge on any atom is 0.315 e. The quantitative estimate of drug-likeness (QED) is 0.787. The molecule has 0 saturated heterocycles. The highest BCUT2D eigenvalue weighted by atomic mass is 16.3. The van der Waals surface area contributed by atoms with Gasteiger partial charge >= 0.3 is 6.03 Å². The van der Waals surface area contributed by atoms with Gasteiger partial charge in [0.05, 0.1) is 12.1 Å². The number of aliphatic hydroxyl groups is 1. The van der Waals surface area contributed by atoms with Crippen LogP contribution in [0.15, 0.2) is 24.3 Å². The lowest BCUT2D eigenvalue weighted by Crippen LogP contribution is -2.42. The van der Waals surface area contributed by atoms with E-state index < -0.39 is 6.10 Å². The Morgan fingerprint density at radius 2 is 2.15 bits per heavy atom. The van der Waals surface area contributed by atoms with Crippen molar-refractivity contribution in [1.82, 2.24) is 10.6 Å². The molecule has 2 amide bonds. The third kappa shape index (κ3) is 2.52. The molecule has 2 aliphatic rings. The summed E-state index contributed by atoms with van der Waals surface area (Å²) < 4.78 is 0. The molecule has 0 aliphatic heterocycles. The Hall–Kier alpha value is -1.55. The summed E-state index contributed by atoms with van der Waals surface area (Å²) in [6.45, 7) is 2.91. The van der Waals surface area contributed by atoms with Crippen LogP contribution in [0.2, 0.25) is 0 Å². The standard InChI is InChI=1S/C16H22N2O2/c1-2-16(7-8-16)10-17-15(20)18-14-12-6-4-3-5-11(12)9-13(14)19/h3-6,13-14,19H,2,7-10H2,1H3,(H2,17,18,20)/t13-,14+/m1/s1. The zero-order valence-electron chi connectivity index (χ0n) is 11.9. The second-order valence-corrected chi connectivity index (χ2v) is 6.13. The number of benzene rings is 1. The summed E-state index contributed by atoms with van der Waals surface area (Å²) in [4.78, 5) is 12.0. The average molecular weight is 274 g/mol. The van der Waals surface area contributed by atoms with E-state index in [1.165, 1.54) is 12.8 Å². The molecule has 2 aliphatic carbocycles. The Morgan fingerprint density at radius 1 is 1.40 bits per heavy atom. The largest absolute Gasteiger partial charge is 0.390 e. The topological polar surface area (TPSA) is 61.4 Å². The van der Waals surface area contributed by atoms with E-state index in [0.29, 0.717) is 11.8 Å². The Bertz CT molecular complexity index is 511. The molecule has 0 aromatic heterocycles. The Labute approximate surface area is 119 Å². The van der Waals surface area contributed by atoms with Crippen LogP contribution in [-0.2, 0) is 6.42 Å². The molecule has 3 rings (SSSR count). The first-order valence-electron chi connectivity index (χ1n) is 7.44. The van der Waals surface area contributed by atoms with E-state index in [2.05, 4.69) is 17.6 Å². The van der Waals surface area contributed by atoms with E-state index in [4.69, 9.17) is 0 Å². The molecule has 1 fully saturated rings. The van der Waals surface area contributed by atoms with E-state index in [0.717, 1.165) is 24.1 Å². The third-order valence-electron chi connectivity index (χ3n) is 4.82. The normalized spacial score (nSPS) is 25.9. The first kappa shape index (κ1) is 13.4. The van der Waals surface area contributed by atoms with E-state index in [1.807, 2.05) is 24.3 Å². The summed E-state index contributed by atoms with van der Waals surface area (Å²) in [6, 6.07) is 7.43. The van der Waals surface area contributed by atoms with Gasteiger partial charge in [-0.3, -0.25) is 0 Å². The average Bonchev–Trinajstić information content (AvgIpc) is 3.18. The molecule has 0 unspecified atom stereocenters. The summed E-state index contributed by atoms with van der Waals surface area (Å²) in [5, 5.41) is 16.0. The molecule has 0 heterocycles. The van der Waals surface area contributed by atoms with Crippen LogP contribution in [0.25, 0.3) is 0 Å². The number of fused-ring (bicyclic) bond motifs is 1. The van der Waals surface area contributed by atoms with E-state index >= 15 is 0 Å². The molecular formula is C16H22N2O2. The van der Waals surface area contributed by atoms with Crippen molar-refractivity contribution in [2.75, 3.05) is 6.54 Å². The molecular weight excluding hydrogens is 252 g/mol. The van der Waals surface area contributed by atoms with Crippen LogP contribution >= 0.6 is 0 Å². The fourth-order valence-electron chi connectivity index (χ4n) is 3.04. The number of hydrogen-bond donors (Lipinski definition) is 3. The minimum atomic E-state index is -0.529. The number of rotatable bonds is 4. The predicted octanol–water partition coefficient (Wildman–Crippen LogP) is 2.13. The lowest BCUT2D eigenvalue weighted by molar-refractivity contribution is 0.142. The second-order valence-electron chi connectivity index (χ2n) is 6.13. The number of urea groups is 1. The number of nitrogens with one attached hydrogen (secondary N) is 2. The summed E-state index contributed by atoms with van der Waals surface area (Å²) in [7, 11) is 0. The second kappa shape index (κ2) is 5.09. The Balaban J connectivity index is 1.59. The molecule has 4 heteroatoms. The summed E-state index contributed by atoms with van der Waals surface area (Å²) in [5.41, 5.74) is 2.49. The summed E-state index contributed by atoms with van der Waals surface area (Å²) in [5.74, 6) is 0. The van der Waals surface area contributed by atoms with Crippen LogP contribution in [0.4, 0.5) is 4.79 Å². The highest BCUT2D eigenvalue weighted by Crippen LogP contribution is 2.47. The third-order valence-corrected chi connectivity index (χ3v) is 4.82. The van der Waals surface area contributed by atoms with Gasteiger partial charge in [0.1, 0.15) is 0 Å². The van der Waals surface area contributed by atoms with Crippen molar-refractivity contribution in [3.05, 3.63) is 35.4 Å². The molecule has 3 N–H and O–H groups in total. The zero-order chi connectivity index (χ0) is 14.2. The minimum Gasteiger partial charge on any atom is -0.390 e. The highest BCUT2D eigenvalue weighted by molar-refractivity contribution is 5.75. The molecule has 20 heavy (non-hydrogen) atoms. The van der Waals surface area contributed by atoms with E-state index in [9.17, 15) is 9.90 Å². The highest BCUT2D eigenvalue weighted by Gasteiger charge is 2.41. The number of carbonyl (C=O) groups is 1. The van der Waals surface area contributed by atoms with Gasteiger partial charge in [0.2, 0.25) is 0 Å². The van der Waals surface area contributed by atoms with Crippen LogP contribution < -0.4 is 10.6 Å². The summed E-state index contributed by atoms with van der Waals surface area (Å²) >= 11 is 0. The van der Waals surface area contributed by atoms with Crippen LogP contribution in [0, 0.1) is 5.41 Å². The van der Waals surface area contributed by atoms with Crippen molar-refractivity contribution >= 4 is 6.03 Å². The van der Waals surface area contributed by atoms with Crippen molar-refractivity contribution in [3.63, 3.8) is 0 Å². The Kier molecular flexibility index (Phi) is 3.42. The van der Waals surface area contributed by atoms with Gasteiger partial charge in [-0.05, 0) is 35.8 Å². The molecule has 2 atom stereocenters. The van der Waals surface area contributed by atoms with E-state index in [1.54, 1.807) is 0 Å². The van der Waals surface area contributed by atoms with Crippen molar-refractivity contribution in [1.29, 1.82) is 0 Å². The SMILES string of the molecule is CCC1(CNC(=O)N[C@H]2c3ccccc3C[C@H]2O)CC1. The maximum atomic E-state index is 12.0. The number of hydrogen-bond acceptors (Lipinski definition) is 2. The molecule has 0 bridgehead atoms. The van der Waals surface area contributed by atoms with Crippen molar-refractivity contribution in [2.45, 2.75) is 44.8 Å². The lowest BCUT2D eigenvalue weighted by Gasteiger charge is -2.20. The first-order valence-corrected chi connectivity index (χ1v) is 7.44. The molecule has 108 valence electrons. The first-order chi connectivity index (χ1) is 9.63. The zero-order valence-corrected chi connectivity index (χ0v) is 11.9. The van der Waals surface area contributed by atoms with Gasteiger partial charge in [-0.25, -0.2) is 4.79 Å². The molecule has 1 aromatic carbocycles. The van der Waals surface area contributed by atoms with Crippen molar-refractivity contribution in [3.8, 4) is 0 Å². The van der Waals surface area contributed by atoms with Gasteiger partial charge in [-0.1, -0.05) is 31.2 Å². The maximum absolute atomic E-state index is 12.0. The smallest absolute Gasteiger partial charge is 0.315 e. The number of carbonyl (C=O) groups excluding carboxylic acids is 1. The summed E-state index contributed by atoms with van der Waals surface area (Å²) in [6.07, 6.45) is 3.61. The van der Waals surface area contributed by atoms with Gasteiger partial charge in [-0.15, -0.1) is 0 Å². The van der Waals surface area contributed by atoms with Gasteiger partial charge in [0, 0.05) is 13.0 Å². The fraction of sp³-hybridized carbons (Fsp3) is 0.562. The van der Waals surface area contributed by atoms with Crippen LogP contribution in [0.5, 0.6) is 0 Å². The molecule has 1 saturated carbocycles. The molecule has 4 nitrogen and oxygen atoms in total. The Morgan fingerprint density at radius 3 is 2.85 bits per heavy atom. The van der Waals surface area contributed by atoms with Gasteiger partial charge in [-0.2, -0.15) is 0 Å².